The van der Waals surface area contributed by atoms with Crippen LogP contribution in [0.2, 0.25) is 0 Å². The fourth-order valence-corrected chi connectivity index (χ4v) is 2.25. The lowest BCUT2D eigenvalue weighted by Crippen LogP contribution is -2.32. The first-order valence-corrected chi connectivity index (χ1v) is 7.41. The van der Waals surface area contributed by atoms with E-state index in [1.54, 1.807) is 0 Å². The van der Waals surface area contributed by atoms with E-state index in [4.69, 9.17) is 0 Å². The van der Waals surface area contributed by atoms with E-state index >= 15 is 0 Å². The van der Waals surface area contributed by atoms with Gasteiger partial charge in [-0.2, -0.15) is 0 Å². The number of ketones is 2. The van der Waals surface area contributed by atoms with E-state index < -0.39 is 0 Å². The third-order valence-electron chi connectivity index (χ3n) is 2.72. The zero-order chi connectivity index (χ0) is 17.2. The first kappa shape index (κ1) is 21.6. The lowest BCUT2D eigenvalue weighted by atomic mass is 9.76. The van der Waals surface area contributed by atoms with Crippen molar-refractivity contribution in [1.29, 1.82) is 0 Å². The van der Waals surface area contributed by atoms with Crippen molar-refractivity contribution in [3.8, 4) is 0 Å². The molecule has 0 fully saturated rings. The quantitative estimate of drug-likeness (QED) is 0.605. The van der Waals surface area contributed by atoms with Gasteiger partial charge < -0.3 is 0 Å². The highest BCUT2D eigenvalue weighted by atomic mass is 16.1. The molecule has 0 aromatic rings. The number of carbonyl (C=O) groups is 2. The average molecular weight is 284 g/mol. The maximum atomic E-state index is 11.5. The van der Waals surface area contributed by atoms with Crippen molar-refractivity contribution in [2.75, 3.05) is 0 Å². The Hall–Kier alpha value is -0.660. The van der Waals surface area contributed by atoms with Gasteiger partial charge in [0.25, 0.3) is 0 Å². The number of Topliss-reactive ketones (excluding diaryl/α,β-unsaturated/α-hetero) is 2. The van der Waals surface area contributed by atoms with E-state index in [2.05, 4.69) is 0 Å². The van der Waals surface area contributed by atoms with Crippen LogP contribution in [0, 0.1) is 21.7 Å². The molecule has 0 radical (unpaired) electrons. The Morgan fingerprint density at radius 1 is 0.400 bits per heavy atom. The second kappa shape index (κ2) is 6.41. The van der Waals surface area contributed by atoms with Crippen molar-refractivity contribution in [1.82, 2.24) is 0 Å². The van der Waals surface area contributed by atoms with Crippen molar-refractivity contribution in [2.45, 2.75) is 83.1 Å². The van der Waals surface area contributed by atoms with Crippen LogP contribution in [0.25, 0.3) is 0 Å². The minimum atomic E-state index is -0.196. The van der Waals surface area contributed by atoms with Crippen LogP contribution in [0.1, 0.15) is 83.1 Å². The molecule has 0 spiro atoms. The van der Waals surface area contributed by atoms with Gasteiger partial charge in [0, 0.05) is 21.7 Å². The zero-order valence-electron chi connectivity index (χ0n) is 15.8. The van der Waals surface area contributed by atoms with Crippen molar-refractivity contribution >= 4 is 11.6 Å². The Morgan fingerprint density at radius 3 is 0.500 bits per heavy atom. The molecular formula is C18H36O2. The van der Waals surface area contributed by atoms with Crippen molar-refractivity contribution in [2.24, 2.45) is 21.7 Å². The first-order chi connectivity index (χ1) is 8.31. The number of carbonyl (C=O) groups excluding carboxylic acids is 2. The highest BCUT2D eigenvalue weighted by molar-refractivity contribution is 5.88. The molecule has 0 saturated carbocycles. The van der Waals surface area contributed by atoms with E-state index in [0.717, 1.165) is 0 Å². The van der Waals surface area contributed by atoms with Crippen LogP contribution in [0.15, 0.2) is 0 Å². The summed E-state index contributed by atoms with van der Waals surface area (Å²) in [5, 5.41) is 0. The van der Waals surface area contributed by atoms with Gasteiger partial charge in [-0.15, -0.1) is 0 Å². The second-order valence-corrected chi connectivity index (χ2v) is 9.66. The summed E-state index contributed by atoms with van der Waals surface area (Å²) in [6.45, 7) is 23.5. The Labute approximate surface area is 126 Å². The molecule has 0 heterocycles. The molecule has 0 unspecified atom stereocenters. The van der Waals surface area contributed by atoms with Crippen molar-refractivity contribution < 1.29 is 9.59 Å². The molecule has 0 amide bonds. The predicted octanol–water partition coefficient (Wildman–Crippen LogP) is 5.30. The molecule has 0 atom stereocenters. The standard InChI is InChI=1S/2C9H18O/c2*1-8(2,3)7(10)9(4,5)6/h2*1-6H3. The molecule has 0 aromatic heterocycles. The topological polar surface area (TPSA) is 34.1 Å². The lowest BCUT2D eigenvalue weighted by molar-refractivity contribution is -0.134. The van der Waals surface area contributed by atoms with E-state index in [-0.39, 0.29) is 21.7 Å². The molecule has 0 aliphatic heterocycles. The van der Waals surface area contributed by atoms with E-state index in [1.807, 2.05) is 83.1 Å². The molecule has 0 aromatic carbocycles. The van der Waals surface area contributed by atoms with Gasteiger partial charge >= 0.3 is 0 Å². The van der Waals surface area contributed by atoms with E-state index in [0.29, 0.717) is 11.6 Å². The summed E-state index contributed by atoms with van der Waals surface area (Å²) in [7, 11) is 0. The molecule has 20 heavy (non-hydrogen) atoms. The minimum absolute atomic E-state index is 0.196. The molecular weight excluding hydrogens is 248 g/mol. The average Bonchev–Trinajstić information content (AvgIpc) is 2.10. The molecule has 0 saturated heterocycles. The Bertz CT molecular complexity index is 268. The molecule has 0 N–H and O–H groups in total. The van der Waals surface area contributed by atoms with Gasteiger partial charge in [-0.05, 0) is 0 Å². The maximum absolute atomic E-state index is 11.5. The monoisotopic (exact) mass is 284 g/mol. The molecule has 0 aliphatic carbocycles. The summed E-state index contributed by atoms with van der Waals surface area (Å²) in [6, 6.07) is 0. The molecule has 2 nitrogen and oxygen atoms in total. The molecule has 0 aliphatic rings. The predicted molar refractivity (Wildman–Crippen MR) is 87.8 cm³/mol. The van der Waals surface area contributed by atoms with Crippen LogP contribution in [0.5, 0.6) is 0 Å². The van der Waals surface area contributed by atoms with Crippen LogP contribution in [0.3, 0.4) is 0 Å². The Balaban J connectivity index is 0. The summed E-state index contributed by atoms with van der Waals surface area (Å²) >= 11 is 0. The van der Waals surface area contributed by atoms with Gasteiger partial charge in [-0.3, -0.25) is 9.59 Å². The molecule has 2 heteroatoms. The van der Waals surface area contributed by atoms with Crippen LogP contribution in [-0.4, -0.2) is 11.6 Å². The summed E-state index contributed by atoms with van der Waals surface area (Å²) in [5.41, 5.74) is -0.785. The normalized spacial score (nSPS) is 13.4. The van der Waals surface area contributed by atoms with Crippen LogP contribution in [-0.2, 0) is 9.59 Å². The summed E-state index contributed by atoms with van der Waals surface area (Å²) in [6.07, 6.45) is 0. The zero-order valence-corrected chi connectivity index (χ0v) is 15.8. The van der Waals surface area contributed by atoms with Gasteiger partial charge in [0.05, 0.1) is 0 Å². The minimum Gasteiger partial charge on any atom is -0.299 e. The van der Waals surface area contributed by atoms with Gasteiger partial charge in [0.2, 0.25) is 0 Å². The fourth-order valence-electron chi connectivity index (χ4n) is 2.25. The highest BCUT2D eigenvalue weighted by Crippen LogP contribution is 2.28. The van der Waals surface area contributed by atoms with Gasteiger partial charge in [0.1, 0.15) is 11.6 Å². The van der Waals surface area contributed by atoms with Gasteiger partial charge in [-0.1, -0.05) is 83.1 Å². The number of hydrogen-bond acceptors (Lipinski definition) is 2. The SMILES string of the molecule is CC(C)(C)C(=O)C(C)(C)C.CC(C)(C)C(=O)C(C)(C)C. The number of rotatable bonds is 0. The lowest BCUT2D eigenvalue weighted by Gasteiger charge is -2.26. The van der Waals surface area contributed by atoms with Crippen LogP contribution >= 0.6 is 0 Å². The Kier molecular flexibility index (Phi) is 6.93. The molecule has 0 bridgehead atoms. The largest absolute Gasteiger partial charge is 0.299 e. The highest BCUT2D eigenvalue weighted by Gasteiger charge is 2.32. The third kappa shape index (κ3) is 8.50. The summed E-state index contributed by atoms with van der Waals surface area (Å²) < 4.78 is 0. The van der Waals surface area contributed by atoms with Gasteiger partial charge in [0.15, 0.2) is 0 Å². The van der Waals surface area contributed by atoms with E-state index in [1.165, 1.54) is 0 Å². The summed E-state index contributed by atoms with van der Waals surface area (Å²) in [5.74, 6) is 0.639. The smallest absolute Gasteiger partial charge is 0.143 e. The Morgan fingerprint density at radius 2 is 0.500 bits per heavy atom. The number of hydrogen-bond donors (Lipinski definition) is 0. The van der Waals surface area contributed by atoms with Crippen LogP contribution < -0.4 is 0 Å². The van der Waals surface area contributed by atoms with Crippen molar-refractivity contribution in [3.05, 3.63) is 0 Å². The maximum Gasteiger partial charge on any atom is 0.143 e. The first-order valence-electron chi connectivity index (χ1n) is 7.41. The molecule has 120 valence electrons. The van der Waals surface area contributed by atoms with E-state index in [9.17, 15) is 9.59 Å². The van der Waals surface area contributed by atoms with Crippen molar-refractivity contribution in [3.63, 3.8) is 0 Å². The second-order valence-electron chi connectivity index (χ2n) is 9.66. The molecule has 0 rings (SSSR count). The van der Waals surface area contributed by atoms with Crippen LogP contribution in [0.4, 0.5) is 0 Å². The fraction of sp³-hybridized carbons (Fsp3) is 0.889. The third-order valence-corrected chi connectivity index (χ3v) is 2.72. The summed E-state index contributed by atoms with van der Waals surface area (Å²) in [4.78, 5) is 23.0. The van der Waals surface area contributed by atoms with Gasteiger partial charge in [-0.25, -0.2) is 0 Å².